The molecule has 52 heavy (non-hydrogen) atoms. The van der Waals surface area contributed by atoms with Crippen molar-refractivity contribution in [1.29, 1.82) is 0 Å². The van der Waals surface area contributed by atoms with E-state index in [-0.39, 0.29) is 30.7 Å². The Morgan fingerprint density at radius 3 is 1.81 bits per heavy atom. The Morgan fingerprint density at radius 2 is 1.23 bits per heavy atom. The van der Waals surface area contributed by atoms with Crippen molar-refractivity contribution in [1.82, 2.24) is 0 Å². The number of cyclic esters (lactones) is 1. The van der Waals surface area contributed by atoms with Gasteiger partial charge in [-0.3, -0.25) is 4.79 Å². The molecule has 3 aliphatic heterocycles. The highest BCUT2D eigenvalue weighted by Gasteiger charge is 2.47. The maximum atomic E-state index is 11.7. The minimum atomic E-state index is -1.53. The smallest absolute Gasteiger partial charge is 0.306 e. The highest BCUT2D eigenvalue weighted by molar-refractivity contribution is 5.70. The minimum Gasteiger partial charge on any atom is -0.462 e. The number of unbranched alkanes of at least 4 members (excludes halogenated alkanes) is 13. The second kappa shape index (κ2) is 24.6. The molecule has 3 rings (SSSR count). The Morgan fingerprint density at radius 1 is 0.692 bits per heavy atom. The summed E-state index contributed by atoms with van der Waals surface area (Å²) in [5.74, 6) is 0.693. The first kappa shape index (κ1) is 45.5. The number of carbonyl (C=O) groups is 1. The number of aliphatic hydroxyl groups excluding tert-OH is 6. The zero-order valence-electron chi connectivity index (χ0n) is 32.6. The third-order valence-corrected chi connectivity index (χ3v) is 11.7. The van der Waals surface area contributed by atoms with Gasteiger partial charge in [0.2, 0.25) is 0 Å². The molecule has 0 spiro atoms. The number of aliphatic hydroxyl groups is 6. The molecular formula is C40H74O12. The van der Waals surface area contributed by atoms with E-state index >= 15 is 0 Å². The minimum absolute atomic E-state index is 0.00545. The molecule has 3 fully saturated rings. The number of hydrogen-bond donors (Lipinski definition) is 6. The lowest BCUT2D eigenvalue weighted by Crippen LogP contribution is -2.61. The molecule has 0 aliphatic carbocycles. The SMILES string of the molecule is CCC1CC(=O)OC(CCCCCCCCCCCCCCCCC(O[C@H]2O[C@H](CO[C@@H]3O[C@H](C)[C@H](O)[C@@H](O)[C@H]3O)[C@@H](O)[C@H](O)[C@H]2O)C(C)CC)C1. The molecule has 6 N–H and O–H groups in total. The number of rotatable bonds is 25. The standard InChI is InChI=1S/C40H74O12/c1-5-26(3)30(51-40-38(47)36(45)34(43)31(52-40)25-48-39-37(46)35(44)33(42)27(4)49-39)22-20-18-16-14-12-10-8-7-9-11-13-15-17-19-21-29-23-28(6-2)24-32(41)50-29/h26-31,33-40,42-47H,5-25H2,1-4H3/t26?,27-,28?,29?,30?,31-,33+,34-,35-,36+,37-,38-,39-,40+/m1/s1. The normalized spacial score (nSPS) is 35.3. The van der Waals surface area contributed by atoms with Crippen LogP contribution >= 0.6 is 0 Å². The molecule has 3 aliphatic rings. The fraction of sp³-hybridized carbons (Fsp3) is 0.975. The number of esters is 1. The van der Waals surface area contributed by atoms with Crippen molar-refractivity contribution in [2.45, 2.75) is 230 Å². The summed E-state index contributed by atoms with van der Waals surface area (Å²) in [4.78, 5) is 11.7. The number of carbonyl (C=O) groups excluding carboxylic acids is 1. The van der Waals surface area contributed by atoms with Gasteiger partial charge in [0.15, 0.2) is 12.6 Å². The van der Waals surface area contributed by atoms with E-state index in [1.807, 2.05) is 0 Å². The van der Waals surface area contributed by atoms with E-state index in [4.69, 9.17) is 23.7 Å². The Hall–Kier alpha value is -0.930. The van der Waals surface area contributed by atoms with E-state index in [0.717, 1.165) is 51.4 Å². The van der Waals surface area contributed by atoms with Crippen LogP contribution in [0.1, 0.15) is 156 Å². The van der Waals surface area contributed by atoms with Gasteiger partial charge in [0.25, 0.3) is 0 Å². The maximum Gasteiger partial charge on any atom is 0.306 e. The largest absolute Gasteiger partial charge is 0.462 e. The molecule has 0 aromatic rings. The van der Waals surface area contributed by atoms with E-state index in [1.54, 1.807) is 0 Å². The van der Waals surface area contributed by atoms with Gasteiger partial charge in [-0.2, -0.15) is 0 Å². The molecule has 4 unspecified atom stereocenters. The van der Waals surface area contributed by atoms with Crippen LogP contribution in [0.2, 0.25) is 0 Å². The molecule has 0 aromatic heterocycles. The van der Waals surface area contributed by atoms with Crippen LogP contribution in [-0.2, 0) is 28.5 Å². The van der Waals surface area contributed by atoms with Crippen molar-refractivity contribution < 1.29 is 59.1 Å². The molecule has 14 atom stereocenters. The van der Waals surface area contributed by atoms with Gasteiger partial charge in [-0.15, -0.1) is 0 Å². The van der Waals surface area contributed by atoms with Crippen LogP contribution in [-0.4, -0.2) is 117 Å². The predicted octanol–water partition coefficient (Wildman–Crippen LogP) is 5.04. The van der Waals surface area contributed by atoms with Gasteiger partial charge >= 0.3 is 5.97 Å². The maximum absolute atomic E-state index is 11.7. The van der Waals surface area contributed by atoms with Crippen molar-refractivity contribution in [2.24, 2.45) is 11.8 Å². The van der Waals surface area contributed by atoms with E-state index in [0.29, 0.717) is 12.3 Å². The molecule has 3 heterocycles. The highest BCUT2D eigenvalue weighted by Crippen LogP contribution is 2.30. The summed E-state index contributed by atoms with van der Waals surface area (Å²) in [6.07, 6.45) is 9.44. The lowest BCUT2D eigenvalue weighted by molar-refractivity contribution is -0.335. The van der Waals surface area contributed by atoms with E-state index < -0.39 is 61.4 Å². The van der Waals surface area contributed by atoms with Crippen molar-refractivity contribution in [2.75, 3.05) is 6.61 Å². The molecule has 3 saturated heterocycles. The fourth-order valence-corrected chi connectivity index (χ4v) is 7.73. The Kier molecular flexibility index (Phi) is 21.5. The summed E-state index contributed by atoms with van der Waals surface area (Å²) in [5, 5.41) is 62.2. The van der Waals surface area contributed by atoms with Crippen molar-refractivity contribution in [3.63, 3.8) is 0 Å². The molecule has 0 amide bonds. The zero-order chi connectivity index (χ0) is 38.0. The molecule has 306 valence electrons. The van der Waals surface area contributed by atoms with Gasteiger partial charge in [0.1, 0.15) is 48.8 Å². The first-order chi connectivity index (χ1) is 25.0. The third-order valence-electron chi connectivity index (χ3n) is 11.7. The highest BCUT2D eigenvalue weighted by atomic mass is 16.7. The summed E-state index contributed by atoms with van der Waals surface area (Å²) >= 11 is 0. The van der Waals surface area contributed by atoms with Gasteiger partial charge in [-0.1, -0.05) is 117 Å². The molecule has 12 heteroatoms. The summed E-state index contributed by atoms with van der Waals surface area (Å²) in [6.45, 7) is 7.57. The third kappa shape index (κ3) is 15.0. The van der Waals surface area contributed by atoms with E-state index in [9.17, 15) is 35.4 Å². The molecule has 12 nitrogen and oxygen atoms in total. The average Bonchev–Trinajstić information content (AvgIpc) is 3.13. The van der Waals surface area contributed by atoms with Crippen LogP contribution in [0.5, 0.6) is 0 Å². The van der Waals surface area contributed by atoms with Gasteiger partial charge in [-0.25, -0.2) is 0 Å². The van der Waals surface area contributed by atoms with Crippen LogP contribution in [0.4, 0.5) is 0 Å². The first-order valence-electron chi connectivity index (χ1n) is 20.8. The molecule has 0 aromatic carbocycles. The molecule has 0 saturated carbocycles. The van der Waals surface area contributed by atoms with Gasteiger partial charge in [0.05, 0.1) is 18.8 Å². The summed E-state index contributed by atoms with van der Waals surface area (Å²) in [7, 11) is 0. The number of ether oxygens (including phenoxy) is 5. The average molecular weight is 747 g/mol. The zero-order valence-corrected chi connectivity index (χ0v) is 32.6. The summed E-state index contributed by atoms with van der Waals surface area (Å²) < 4.78 is 28.7. The summed E-state index contributed by atoms with van der Waals surface area (Å²) in [6, 6.07) is 0. The van der Waals surface area contributed by atoms with Gasteiger partial charge in [0, 0.05) is 6.42 Å². The summed E-state index contributed by atoms with van der Waals surface area (Å²) in [5.41, 5.74) is 0. The van der Waals surface area contributed by atoms with Gasteiger partial charge in [-0.05, 0) is 44.4 Å². The van der Waals surface area contributed by atoms with Crippen molar-refractivity contribution in [3.8, 4) is 0 Å². The van der Waals surface area contributed by atoms with E-state index in [2.05, 4.69) is 20.8 Å². The topological polar surface area (TPSA) is 185 Å². The Bertz CT molecular complexity index is 956. The van der Waals surface area contributed by atoms with Crippen LogP contribution in [0.3, 0.4) is 0 Å². The lowest BCUT2D eigenvalue weighted by Gasteiger charge is -2.43. The Balaban J connectivity index is 1.23. The Labute approximate surface area is 312 Å². The quantitative estimate of drug-likeness (QED) is 0.0541. The second-order valence-electron chi connectivity index (χ2n) is 15.9. The van der Waals surface area contributed by atoms with Crippen LogP contribution in [0.15, 0.2) is 0 Å². The monoisotopic (exact) mass is 747 g/mol. The predicted molar refractivity (Wildman–Crippen MR) is 196 cm³/mol. The second-order valence-corrected chi connectivity index (χ2v) is 15.9. The lowest BCUT2D eigenvalue weighted by atomic mass is 9.90. The van der Waals surface area contributed by atoms with E-state index in [1.165, 1.54) is 77.6 Å². The van der Waals surface area contributed by atoms with Crippen molar-refractivity contribution in [3.05, 3.63) is 0 Å². The van der Waals surface area contributed by atoms with Crippen LogP contribution in [0, 0.1) is 11.8 Å². The van der Waals surface area contributed by atoms with Crippen LogP contribution < -0.4 is 0 Å². The number of hydrogen-bond acceptors (Lipinski definition) is 12. The van der Waals surface area contributed by atoms with Crippen LogP contribution in [0.25, 0.3) is 0 Å². The van der Waals surface area contributed by atoms with Crippen molar-refractivity contribution >= 4 is 5.97 Å². The first-order valence-corrected chi connectivity index (χ1v) is 20.8. The molecule has 0 bridgehead atoms. The van der Waals surface area contributed by atoms with Gasteiger partial charge < -0.3 is 54.3 Å². The molecular weight excluding hydrogens is 672 g/mol. The fourth-order valence-electron chi connectivity index (χ4n) is 7.73. The molecule has 0 radical (unpaired) electrons.